The second-order valence-corrected chi connectivity index (χ2v) is 38.4. The van der Waals surface area contributed by atoms with Crippen molar-refractivity contribution in [3.8, 4) is 0 Å². The van der Waals surface area contributed by atoms with Crippen LogP contribution < -0.4 is 10.4 Å². The number of hydrogen-bond acceptors (Lipinski definition) is 0. The Morgan fingerprint density at radius 1 is 0.234 bits per heavy atom. The molecule has 2 saturated carbocycles. The van der Waals surface area contributed by atoms with Crippen LogP contribution in [0.4, 0.5) is 0 Å². The molecule has 0 aromatic heterocycles. The standard InChI is InChI=1S/C56H38.C51H28/c1-2-3-4-5-6-7-8-12-15-55(33-13-10-9-11-14-33)54-23-31-21-29-19-27-18-28-17-25-16-26-20-30-22-32(24-54)52-50-39(30)43-35(26)34(25)41-38(28)42-36(27)37(29)44-40(31)53(56(52,54)55)51-48(44)46(42)45(41)47(43)49(50)51;1-2-3-7-10-50(28-8-5-4-6-9-28)49-18-26-16-24-14-22-13-23-12-20-11-21-15-25-17-27(19-49)47-45-34(25)38-30(21)29(20)36-33(23)37-31(22)32(24)39-35(26)48(51(47,49)50)46-43(39)41(37)40(36)42(38)44(45)46/h9-11,13-14,16,18,20-22,24H,2-8,12,15,17,19,23H2,1H3;4-6,8-9,11,13,15-17,19H,2-3,7,10,12,14,18H2,1H3. The van der Waals surface area contributed by atoms with E-state index in [2.05, 4.69) is 147 Å². The van der Waals surface area contributed by atoms with Gasteiger partial charge in [0.15, 0.2) is 0 Å². The van der Waals surface area contributed by atoms with Gasteiger partial charge in [0.25, 0.3) is 0 Å². The molecule has 494 valence electrons. The van der Waals surface area contributed by atoms with Gasteiger partial charge in [0, 0.05) is 32.5 Å². The van der Waals surface area contributed by atoms with Gasteiger partial charge < -0.3 is 0 Å². The van der Waals surface area contributed by atoms with Crippen LogP contribution in [0, 0.1) is 10.8 Å². The lowest BCUT2D eigenvalue weighted by atomic mass is 9.69. The van der Waals surface area contributed by atoms with E-state index < -0.39 is 0 Å². The van der Waals surface area contributed by atoms with Crippen LogP contribution >= 0.6 is 0 Å². The van der Waals surface area contributed by atoms with E-state index in [0.717, 1.165) is 25.7 Å². The first-order valence-corrected chi connectivity index (χ1v) is 42.1. The molecule has 0 heteroatoms. The van der Waals surface area contributed by atoms with Gasteiger partial charge >= 0.3 is 0 Å². The van der Waals surface area contributed by atoms with Gasteiger partial charge in [-0.25, -0.2) is 0 Å². The largest absolute Gasteiger partial charge is 0.0681 e. The van der Waals surface area contributed by atoms with Crippen molar-refractivity contribution in [3.63, 3.8) is 0 Å². The average Bonchev–Trinajstić information content (AvgIpc) is 1.39. The Morgan fingerprint density at radius 2 is 0.514 bits per heavy atom. The van der Waals surface area contributed by atoms with E-state index in [1.165, 1.54) is 118 Å². The second-order valence-electron chi connectivity index (χ2n) is 38.4. The fourth-order valence-electron chi connectivity index (χ4n) is 33.8. The van der Waals surface area contributed by atoms with Crippen molar-refractivity contribution in [1.29, 1.82) is 0 Å². The first-order valence-electron chi connectivity index (χ1n) is 42.1. The predicted molar refractivity (Wildman–Crippen MR) is 449 cm³/mol. The van der Waals surface area contributed by atoms with Crippen molar-refractivity contribution in [2.75, 3.05) is 0 Å². The Kier molecular flexibility index (Phi) is 7.15. The highest BCUT2D eigenvalue weighted by molar-refractivity contribution is 6.65. The Balaban J connectivity index is 0.000000104. The van der Waals surface area contributed by atoms with E-state index in [1.54, 1.807) is 293 Å². The molecule has 12 aliphatic rings. The van der Waals surface area contributed by atoms with Crippen LogP contribution in [0.25, 0.3) is 228 Å². The molecule has 2 spiro atoms. The van der Waals surface area contributed by atoms with E-state index in [9.17, 15) is 0 Å². The Bertz CT molecular complexity index is 8800. The van der Waals surface area contributed by atoms with Crippen molar-refractivity contribution in [1.82, 2.24) is 0 Å². The smallest absolute Gasteiger partial charge is 0.0436 e. The minimum absolute atomic E-state index is 0.00745. The number of unbranched alkanes of at least 4 members (excludes halogenated alkanes) is 9. The quantitative estimate of drug-likeness (QED) is 0.0709. The summed E-state index contributed by atoms with van der Waals surface area (Å²) in [7, 11) is 0. The lowest BCUT2D eigenvalue weighted by Crippen LogP contribution is -2.30. The van der Waals surface area contributed by atoms with Gasteiger partial charge in [-0.2, -0.15) is 0 Å². The van der Waals surface area contributed by atoms with Gasteiger partial charge in [-0.05, 0) is 391 Å². The van der Waals surface area contributed by atoms with Crippen LogP contribution in [0.3, 0.4) is 0 Å². The maximum Gasteiger partial charge on any atom is 0.0436 e. The second kappa shape index (κ2) is 14.8. The van der Waals surface area contributed by atoms with E-state index in [0.29, 0.717) is 0 Å². The molecule has 0 saturated heterocycles. The van der Waals surface area contributed by atoms with E-state index >= 15 is 0 Å². The molecule has 36 rings (SSSR count). The SMILES string of the molecule is CCCCCC1(c2ccccc2)C23C=c4cc5cc6cc7c8c6c6c5c5c4C21c1c2c(cc4c9c%10c(cc(c%11c%10c%10c(c1c5c6c%10c8%11)c29)C7)C4)C3.CCCCCCCCCCC1(c2ccccc2)C23C=c4cc5cc6cc7c8c6c6c5c5c4C21c1c2c(cc4c9c%10c(cc(c%11c%10c%10c(c1c5c6c%10c8%11)c29)C7)C4)C3. The normalized spacial score (nSPS) is 25.2. The molecule has 24 aromatic carbocycles. The van der Waals surface area contributed by atoms with Gasteiger partial charge in [0.1, 0.15) is 0 Å². The van der Waals surface area contributed by atoms with E-state index in [-0.39, 0.29) is 32.5 Å². The Labute approximate surface area is 612 Å². The van der Waals surface area contributed by atoms with Crippen LogP contribution in [0.2, 0.25) is 0 Å². The summed E-state index contributed by atoms with van der Waals surface area (Å²) < 4.78 is 0. The van der Waals surface area contributed by atoms with Crippen molar-refractivity contribution < 1.29 is 0 Å². The van der Waals surface area contributed by atoms with Gasteiger partial charge in [-0.3, -0.25) is 0 Å². The lowest BCUT2D eigenvalue weighted by Gasteiger charge is -2.32. The summed E-state index contributed by atoms with van der Waals surface area (Å²) in [5, 5.41) is 68.4. The first-order chi connectivity index (χ1) is 53.0. The maximum absolute atomic E-state index is 2.93. The molecular formula is C107H66. The summed E-state index contributed by atoms with van der Waals surface area (Å²) in [5.74, 6) is 0. The van der Waals surface area contributed by atoms with Crippen molar-refractivity contribution in [2.24, 2.45) is 10.8 Å². The van der Waals surface area contributed by atoms with E-state index in [4.69, 9.17) is 0 Å². The maximum atomic E-state index is 2.93. The molecule has 0 N–H and O–H groups in total. The average molecular weight is 1350 g/mol. The molecule has 6 atom stereocenters. The lowest BCUT2D eigenvalue weighted by molar-refractivity contribution is 0.455. The van der Waals surface area contributed by atoms with Crippen LogP contribution in [0.5, 0.6) is 0 Å². The molecule has 0 heterocycles. The zero-order chi connectivity index (χ0) is 67.5. The zero-order valence-electron chi connectivity index (χ0n) is 60.1. The molecule has 0 nitrogen and oxygen atoms in total. The minimum Gasteiger partial charge on any atom is -0.0681 e. The monoisotopic (exact) mass is 1350 g/mol. The van der Waals surface area contributed by atoms with Crippen molar-refractivity contribution >= 4 is 228 Å². The van der Waals surface area contributed by atoms with E-state index in [1.807, 2.05) is 0 Å². The summed E-state index contributed by atoms with van der Waals surface area (Å²) in [6.45, 7) is 4.72. The molecule has 0 radical (unpaired) electrons. The molecule has 0 aliphatic heterocycles. The third kappa shape index (κ3) is 4.16. The van der Waals surface area contributed by atoms with Crippen molar-refractivity contribution in [3.05, 3.63) is 221 Å². The highest BCUT2D eigenvalue weighted by atomic mass is 14.9. The van der Waals surface area contributed by atoms with Gasteiger partial charge in [-0.1, -0.05) is 194 Å². The van der Waals surface area contributed by atoms with Crippen LogP contribution in [-0.4, -0.2) is 0 Å². The molecule has 12 aliphatic carbocycles. The summed E-state index contributed by atoms with van der Waals surface area (Å²) in [5.41, 5.74) is 26.7. The zero-order valence-corrected chi connectivity index (χ0v) is 60.1. The molecule has 6 unspecified atom stereocenters. The van der Waals surface area contributed by atoms with Crippen LogP contribution in [-0.2, 0) is 60.2 Å². The molecular weight excluding hydrogens is 1290 g/mol. The first kappa shape index (κ1) is 51.8. The fourth-order valence-corrected chi connectivity index (χ4v) is 33.8. The number of benzene rings is 16. The summed E-state index contributed by atoms with van der Waals surface area (Å²) in [4.78, 5) is 0. The minimum atomic E-state index is -0.0140. The molecule has 2 fully saturated rings. The van der Waals surface area contributed by atoms with Gasteiger partial charge in [-0.15, -0.1) is 0 Å². The molecule has 0 bridgehead atoms. The molecule has 24 aromatic rings. The third-order valence-corrected chi connectivity index (χ3v) is 35.6. The summed E-state index contributed by atoms with van der Waals surface area (Å²) in [6, 6.07) is 50.9. The highest BCUT2D eigenvalue weighted by Crippen LogP contribution is 2.93. The van der Waals surface area contributed by atoms with Gasteiger partial charge in [0.05, 0.1) is 0 Å². The predicted octanol–water partition coefficient (Wildman–Crippen LogP) is 25.6. The van der Waals surface area contributed by atoms with Gasteiger partial charge in [0.2, 0.25) is 0 Å². The number of rotatable bonds is 15. The summed E-state index contributed by atoms with van der Waals surface area (Å²) in [6.07, 6.45) is 30.0. The topological polar surface area (TPSA) is 0 Å². The number of hydrogen-bond donors (Lipinski definition) is 0. The summed E-state index contributed by atoms with van der Waals surface area (Å²) >= 11 is 0. The van der Waals surface area contributed by atoms with Crippen molar-refractivity contribution in [2.45, 2.75) is 158 Å². The fraction of sp³-hybridized carbons (Fsp3) is 0.252. The third-order valence-electron chi connectivity index (χ3n) is 35.6. The van der Waals surface area contributed by atoms with Crippen LogP contribution in [0.1, 0.15) is 186 Å². The Hall–Kier alpha value is -10.4. The highest BCUT2D eigenvalue weighted by Gasteiger charge is 2.91. The van der Waals surface area contributed by atoms with Crippen LogP contribution in [0.15, 0.2) is 121 Å². The Morgan fingerprint density at radius 3 is 0.935 bits per heavy atom. The molecule has 107 heavy (non-hydrogen) atoms. The molecule has 0 amide bonds.